The van der Waals surface area contributed by atoms with E-state index in [1.165, 1.54) is 0 Å². The van der Waals surface area contributed by atoms with Crippen molar-refractivity contribution < 1.29 is 18.8 Å². The number of amides is 1. The molecular formula is C18H26N4O4. The lowest BCUT2D eigenvalue weighted by Crippen LogP contribution is -2.26. The molecule has 1 unspecified atom stereocenters. The smallest absolute Gasteiger partial charge is 0.249 e. The van der Waals surface area contributed by atoms with Gasteiger partial charge in [-0.25, -0.2) is 0 Å². The number of methoxy groups -OCH3 is 2. The molecule has 2 rings (SSSR count). The predicted molar refractivity (Wildman–Crippen MR) is 96.9 cm³/mol. The van der Waals surface area contributed by atoms with Crippen molar-refractivity contribution >= 4 is 5.91 Å². The maximum Gasteiger partial charge on any atom is 0.249 e. The van der Waals surface area contributed by atoms with Gasteiger partial charge in [0.15, 0.2) is 11.5 Å². The molecule has 142 valence electrons. The number of nitrogens with two attached hydrogens (primary N) is 1. The third-order valence-electron chi connectivity index (χ3n) is 3.94. The molecule has 0 fully saturated rings. The second-order valence-electron chi connectivity index (χ2n) is 5.91. The highest BCUT2D eigenvalue weighted by atomic mass is 16.5. The third kappa shape index (κ3) is 5.19. The van der Waals surface area contributed by atoms with Gasteiger partial charge in [-0.05, 0) is 44.5 Å². The predicted octanol–water partition coefficient (Wildman–Crippen LogP) is 2.45. The van der Waals surface area contributed by atoms with Gasteiger partial charge in [-0.3, -0.25) is 4.79 Å². The average molecular weight is 362 g/mol. The minimum Gasteiger partial charge on any atom is -0.493 e. The second kappa shape index (κ2) is 9.76. The molecule has 0 saturated carbocycles. The van der Waals surface area contributed by atoms with Gasteiger partial charge >= 0.3 is 0 Å². The van der Waals surface area contributed by atoms with Crippen LogP contribution in [-0.2, 0) is 4.79 Å². The normalized spacial score (nSPS) is 11.8. The number of aromatic nitrogens is 2. The third-order valence-corrected chi connectivity index (χ3v) is 3.94. The van der Waals surface area contributed by atoms with Crippen LogP contribution in [0.25, 0.3) is 11.4 Å². The molecule has 0 saturated heterocycles. The maximum atomic E-state index is 12.0. The molecule has 2 aromatic rings. The monoisotopic (exact) mass is 362 g/mol. The van der Waals surface area contributed by atoms with Gasteiger partial charge < -0.3 is 25.0 Å². The average Bonchev–Trinajstić information content (AvgIpc) is 3.15. The molecule has 0 spiro atoms. The minimum atomic E-state index is -0.363. The largest absolute Gasteiger partial charge is 0.493 e. The van der Waals surface area contributed by atoms with E-state index in [1.54, 1.807) is 26.4 Å². The van der Waals surface area contributed by atoms with Gasteiger partial charge in [-0.1, -0.05) is 11.6 Å². The van der Waals surface area contributed by atoms with Gasteiger partial charge in [0.2, 0.25) is 17.6 Å². The van der Waals surface area contributed by atoms with Gasteiger partial charge in [0.25, 0.3) is 0 Å². The van der Waals surface area contributed by atoms with Crippen LogP contribution >= 0.6 is 0 Å². The number of unbranched alkanes of at least 4 members (excludes halogenated alkanes) is 2. The number of carbonyl (C=O) groups excluding carboxylic acids is 1. The van der Waals surface area contributed by atoms with Crippen molar-refractivity contribution in [1.29, 1.82) is 0 Å². The summed E-state index contributed by atoms with van der Waals surface area (Å²) in [6.07, 6.45) is 3.15. The Morgan fingerprint density at radius 2 is 2.00 bits per heavy atom. The molecular weight excluding hydrogens is 336 g/mol. The van der Waals surface area contributed by atoms with Crippen molar-refractivity contribution in [1.82, 2.24) is 15.5 Å². The number of nitrogens with zero attached hydrogens (tertiary/aromatic N) is 2. The van der Waals surface area contributed by atoms with Crippen LogP contribution < -0.4 is 20.5 Å². The summed E-state index contributed by atoms with van der Waals surface area (Å²) in [7, 11) is 3.14. The molecule has 8 nitrogen and oxygen atoms in total. The number of nitrogens with one attached hydrogen (secondary N) is 1. The first-order chi connectivity index (χ1) is 12.6. The fourth-order valence-electron chi connectivity index (χ4n) is 2.49. The lowest BCUT2D eigenvalue weighted by molar-refractivity contribution is -0.122. The topological polar surface area (TPSA) is 113 Å². The molecule has 26 heavy (non-hydrogen) atoms. The number of hydrogen-bond acceptors (Lipinski definition) is 7. The molecule has 0 aliphatic carbocycles. The van der Waals surface area contributed by atoms with Gasteiger partial charge in [0.1, 0.15) is 6.04 Å². The zero-order valence-corrected chi connectivity index (χ0v) is 15.4. The van der Waals surface area contributed by atoms with Gasteiger partial charge in [-0.2, -0.15) is 4.98 Å². The van der Waals surface area contributed by atoms with Crippen LogP contribution in [0.3, 0.4) is 0 Å². The highest BCUT2D eigenvalue weighted by molar-refractivity contribution is 5.76. The molecule has 1 aromatic carbocycles. The number of rotatable bonds is 10. The van der Waals surface area contributed by atoms with E-state index in [-0.39, 0.29) is 11.9 Å². The lowest BCUT2D eigenvalue weighted by atomic mass is 10.2. The van der Waals surface area contributed by atoms with E-state index < -0.39 is 0 Å². The van der Waals surface area contributed by atoms with E-state index >= 15 is 0 Å². The number of benzene rings is 1. The molecule has 8 heteroatoms. The number of hydrogen-bond donors (Lipinski definition) is 2. The Morgan fingerprint density at radius 3 is 2.69 bits per heavy atom. The van der Waals surface area contributed by atoms with Crippen LogP contribution in [0.5, 0.6) is 11.5 Å². The Bertz CT molecular complexity index is 717. The SMILES string of the molecule is COc1ccc(-c2noc(C(C)NC(=O)CCCCCN)n2)cc1OC. The summed E-state index contributed by atoms with van der Waals surface area (Å²) in [5.74, 6) is 1.93. The van der Waals surface area contributed by atoms with Crippen LogP contribution in [0.2, 0.25) is 0 Å². The summed E-state index contributed by atoms with van der Waals surface area (Å²) < 4.78 is 15.8. The fourth-order valence-corrected chi connectivity index (χ4v) is 2.49. The first-order valence-electron chi connectivity index (χ1n) is 8.64. The zero-order valence-electron chi connectivity index (χ0n) is 15.4. The maximum absolute atomic E-state index is 12.0. The Hall–Kier alpha value is -2.61. The number of ether oxygens (including phenoxy) is 2. The molecule has 0 aliphatic rings. The van der Waals surface area contributed by atoms with E-state index in [4.69, 9.17) is 19.7 Å². The van der Waals surface area contributed by atoms with Crippen molar-refractivity contribution in [3.63, 3.8) is 0 Å². The van der Waals surface area contributed by atoms with E-state index in [2.05, 4.69) is 15.5 Å². The van der Waals surface area contributed by atoms with Crippen molar-refractivity contribution in [2.45, 2.75) is 38.6 Å². The van der Waals surface area contributed by atoms with Crippen LogP contribution in [-0.4, -0.2) is 36.8 Å². The van der Waals surface area contributed by atoms with E-state index in [0.717, 1.165) is 24.8 Å². The standard InChI is InChI=1S/C18H26N4O4/c1-12(20-16(23)7-5-4-6-10-19)18-21-17(22-26-18)13-8-9-14(24-2)15(11-13)25-3/h8-9,11-12H,4-7,10,19H2,1-3H3,(H,20,23). The molecule has 0 bridgehead atoms. The summed E-state index contributed by atoms with van der Waals surface area (Å²) in [5, 5.41) is 6.85. The second-order valence-corrected chi connectivity index (χ2v) is 5.91. The van der Waals surface area contributed by atoms with Gasteiger partial charge in [0.05, 0.1) is 14.2 Å². The molecule has 1 heterocycles. The van der Waals surface area contributed by atoms with Crippen molar-refractivity contribution in [2.24, 2.45) is 5.73 Å². The van der Waals surface area contributed by atoms with Crippen LogP contribution in [0.4, 0.5) is 0 Å². The van der Waals surface area contributed by atoms with Crippen molar-refractivity contribution in [2.75, 3.05) is 20.8 Å². The minimum absolute atomic E-state index is 0.0413. The highest BCUT2D eigenvalue weighted by Gasteiger charge is 2.18. The van der Waals surface area contributed by atoms with Gasteiger partial charge in [0, 0.05) is 12.0 Å². The molecule has 1 atom stereocenters. The Kier molecular flexibility index (Phi) is 7.40. The molecule has 3 N–H and O–H groups in total. The van der Waals surface area contributed by atoms with Crippen LogP contribution in [0.15, 0.2) is 22.7 Å². The van der Waals surface area contributed by atoms with Gasteiger partial charge in [-0.15, -0.1) is 0 Å². The summed E-state index contributed by atoms with van der Waals surface area (Å²) in [6.45, 7) is 2.46. The van der Waals surface area contributed by atoms with E-state index in [0.29, 0.717) is 36.2 Å². The summed E-state index contributed by atoms with van der Waals surface area (Å²) in [5.41, 5.74) is 6.18. The Labute approximate surface area is 153 Å². The molecule has 0 aliphatic heterocycles. The first-order valence-corrected chi connectivity index (χ1v) is 8.64. The van der Waals surface area contributed by atoms with Crippen molar-refractivity contribution in [3.05, 3.63) is 24.1 Å². The molecule has 1 amide bonds. The first kappa shape index (κ1) is 19.7. The Morgan fingerprint density at radius 1 is 1.23 bits per heavy atom. The van der Waals surface area contributed by atoms with E-state index in [9.17, 15) is 4.79 Å². The van der Waals surface area contributed by atoms with Crippen LogP contribution in [0, 0.1) is 0 Å². The van der Waals surface area contributed by atoms with E-state index in [1.807, 2.05) is 13.0 Å². The Balaban J connectivity index is 1.99. The summed E-state index contributed by atoms with van der Waals surface area (Å²) >= 11 is 0. The fraction of sp³-hybridized carbons (Fsp3) is 0.500. The molecule has 0 radical (unpaired) electrons. The highest BCUT2D eigenvalue weighted by Crippen LogP contribution is 2.31. The summed E-state index contributed by atoms with van der Waals surface area (Å²) in [4.78, 5) is 16.3. The quantitative estimate of drug-likeness (QED) is 0.624. The van der Waals surface area contributed by atoms with Crippen molar-refractivity contribution in [3.8, 4) is 22.9 Å². The van der Waals surface area contributed by atoms with Crippen LogP contribution in [0.1, 0.15) is 44.5 Å². The lowest BCUT2D eigenvalue weighted by Gasteiger charge is -2.09. The molecule has 1 aromatic heterocycles. The zero-order chi connectivity index (χ0) is 18.9. The summed E-state index contributed by atoms with van der Waals surface area (Å²) in [6, 6.07) is 5.00. The number of carbonyl (C=O) groups is 1.